The minimum Gasteiger partial charge on any atom is -0.252 e. The van der Waals surface area contributed by atoms with Gasteiger partial charge in [-0.3, -0.25) is 4.98 Å². The van der Waals surface area contributed by atoms with Crippen molar-refractivity contribution in [3.8, 4) is 11.1 Å². The molecule has 3 aromatic rings. The zero-order valence-corrected chi connectivity index (χ0v) is 12.5. The van der Waals surface area contributed by atoms with E-state index in [1.54, 1.807) is 0 Å². The zero-order valence-electron chi connectivity index (χ0n) is 10.1. The molecule has 18 heavy (non-hydrogen) atoms. The van der Waals surface area contributed by atoms with Crippen LogP contribution in [0.2, 0.25) is 0 Å². The number of hydrogen-bond acceptors (Lipinski definition) is 3. The highest BCUT2D eigenvalue weighted by Gasteiger charge is 2.07. The van der Waals surface area contributed by atoms with Crippen LogP contribution in [0.1, 0.15) is 11.1 Å². The maximum atomic E-state index is 4.47. The van der Waals surface area contributed by atoms with E-state index >= 15 is 0 Å². The van der Waals surface area contributed by atoms with Gasteiger partial charge in [0, 0.05) is 11.8 Å². The second kappa shape index (κ2) is 4.44. The Kier molecular flexibility index (Phi) is 2.92. The van der Waals surface area contributed by atoms with E-state index in [0.717, 1.165) is 20.4 Å². The summed E-state index contributed by atoms with van der Waals surface area (Å²) in [4.78, 5) is 4.47. The smallest absolute Gasteiger partial charge is 0.117 e. The SMILES string of the molecule is Cc1ccc(-c2cnc3c(Br)snc3c2)cc1C. The molecule has 0 aliphatic rings. The average Bonchev–Trinajstić information content (AvgIpc) is 2.74. The molecule has 2 nitrogen and oxygen atoms in total. The molecule has 2 aromatic heterocycles. The molecule has 0 radical (unpaired) electrons. The number of pyridine rings is 1. The topological polar surface area (TPSA) is 25.8 Å². The third-order valence-electron chi connectivity index (χ3n) is 3.12. The van der Waals surface area contributed by atoms with Crippen LogP contribution < -0.4 is 0 Å². The normalized spacial score (nSPS) is 11.1. The molecule has 0 unspecified atom stereocenters. The molecule has 1 aromatic carbocycles. The monoisotopic (exact) mass is 318 g/mol. The van der Waals surface area contributed by atoms with Gasteiger partial charge in [-0.1, -0.05) is 18.2 Å². The van der Waals surface area contributed by atoms with Crippen LogP contribution in [0.4, 0.5) is 0 Å². The molecule has 90 valence electrons. The van der Waals surface area contributed by atoms with Crippen LogP contribution in [0.15, 0.2) is 34.2 Å². The van der Waals surface area contributed by atoms with Gasteiger partial charge in [-0.25, -0.2) is 0 Å². The Morgan fingerprint density at radius 1 is 1.06 bits per heavy atom. The molecule has 0 aliphatic heterocycles. The van der Waals surface area contributed by atoms with Gasteiger partial charge in [0.05, 0.1) is 0 Å². The van der Waals surface area contributed by atoms with Crippen LogP contribution in [-0.4, -0.2) is 9.36 Å². The van der Waals surface area contributed by atoms with Gasteiger partial charge < -0.3 is 0 Å². The first-order valence-corrected chi connectivity index (χ1v) is 7.20. The largest absolute Gasteiger partial charge is 0.252 e. The highest BCUT2D eigenvalue weighted by Crippen LogP contribution is 2.29. The lowest BCUT2D eigenvalue weighted by molar-refractivity contribution is 1.33. The highest BCUT2D eigenvalue weighted by molar-refractivity contribution is 9.11. The van der Waals surface area contributed by atoms with Crippen molar-refractivity contribution in [3.05, 3.63) is 45.4 Å². The molecule has 0 amide bonds. The minimum atomic E-state index is 0.938. The molecule has 0 bridgehead atoms. The Morgan fingerprint density at radius 2 is 1.89 bits per heavy atom. The summed E-state index contributed by atoms with van der Waals surface area (Å²) in [7, 11) is 0. The van der Waals surface area contributed by atoms with Crippen molar-refractivity contribution in [2.75, 3.05) is 0 Å². The average molecular weight is 319 g/mol. The summed E-state index contributed by atoms with van der Waals surface area (Å²) < 4.78 is 5.37. The molecule has 2 heterocycles. The van der Waals surface area contributed by atoms with Crippen LogP contribution in [0.25, 0.3) is 22.2 Å². The van der Waals surface area contributed by atoms with Gasteiger partial charge >= 0.3 is 0 Å². The van der Waals surface area contributed by atoms with Crippen LogP contribution in [0.3, 0.4) is 0 Å². The standard InChI is InChI=1S/C14H11BrN2S/c1-8-3-4-10(5-9(8)2)11-6-12-13(16-7-11)14(15)18-17-12/h3-7H,1-2H3. The predicted octanol–water partition coefficient (Wildman–Crippen LogP) is 4.74. The number of benzene rings is 1. The lowest BCUT2D eigenvalue weighted by atomic mass is 10.0. The van der Waals surface area contributed by atoms with Gasteiger partial charge in [0.25, 0.3) is 0 Å². The summed E-state index contributed by atoms with van der Waals surface area (Å²) in [5, 5.41) is 0. The van der Waals surface area contributed by atoms with Crippen molar-refractivity contribution < 1.29 is 0 Å². The number of nitrogens with zero attached hydrogens (tertiary/aromatic N) is 2. The molecule has 3 rings (SSSR count). The predicted molar refractivity (Wildman–Crippen MR) is 80.0 cm³/mol. The van der Waals surface area contributed by atoms with Crippen molar-refractivity contribution in [2.24, 2.45) is 0 Å². The molecule has 0 saturated carbocycles. The summed E-state index contributed by atoms with van der Waals surface area (Å²) in [6.45, 7) is 4.25. The van der Waals surface area contributed by atoms with Gasteiger partial charge in [0.2, 0.25) is 0 Å². The van der Waals surface area contributed by atoms with Gasteiger partial charge in [0.15, 0.2) is 0 Å². The number of rotatable bonds is 1. The molecule has 0 fully saturated rings. The van der Waals surface area contributed by atoms with Gasteiger partial charge in [-0.05, 0) is 64.1 Å². The van der Waals surface area contributed by atoms with E-state index in [1.165, 1.54) is 28.2 Å². The zero-order chi connectivity index (χ0) is 12.7. The Morgan fingerprint density at radius 3 is 2.67 bits per heavy atom. The van der Waals surface area contributed by atoms with Gasteiger partial charge in [-0.15, -0.1) is 0 Å². The fourth-order valence-corrected chi connectivity index (χ4v) is 2.97. The molecule has 0 spiro atoms. The molecule has 4 heteroatoms. The Hall–Kier alpha value is -1.26. The third kappa shape index (κ3) is 1.95. The Bertz CT molecular complexity index is 734. The fraction of sp³-hybridized carbons (Fsp3) is 0.143. The first-order chi connectivity index (χ1) is 8.65. The summed E-state index contributed by atoms with van der Waals surface area (Å²) in [6, 6.07) is 8.56. The van der Waals surface area contributed by atoms with E-state index in [9.17, 15) is 0 Å². The lowest BCUT2D eigenvalue weighted by Crippen LogP contribution is -1.85. The molecule has 0 atom stereocenters. The maximum absolute atomic E-state index is 4.47. The number of fused-ring (bicyclic) bond motifs is 1. The van der Waals surface area contributed by atoms with E-state index in [2.05, 4.69) is 63.4 Å². The minimum absolute atomic E-state index is 0.938. The molecular formula is C14H11BrN2S. The van der Waals surface area contributed by atoms with E-state index in [4.69, 9.17) is 0 Å². The lowest BCUT2D eigenvalue weighted by Gasteiger charge is -2.05. The van der Waals surface area contributed by atoms with Crippen molar-refractivity contribution in [1.82, 2.24) is 9.36 Å². The number of aromatic nitrogens is 2. The van der Waals surface area contributed by atoms with Gasteiger partial charge in [-0.2, -0.15) is 4.37 Å². The molecule has 0 aliphatic carbocycles. The number of aryl methyl sites for hydroxylation is 2. The quantitative estimate of drug-likeness (QED) is 0.647. The molecule has 0 N–H and O–H groups in total. The van der Waals surface area contributed by atoms with Crippen molar-refractivity contribution in [1.29, 1.82) is 0 Å². The summed E-state index contributed by atoms with van der Waals surface area (Å²) in [6.07, 6.45) is 1.91. The number of hydrogen-bond donors (Lipinski definition) is 0. The maximum Gasteiger partial charge on any atom is 0.117 e. The van der Waals surface area contributed by atoms with Crippen molar-refractivity contribution in [2.45, 2.75) is 13.8 Å². The second-order valence-corrected chi connectivity index (χ2v) is 6.44. The van der Waals surface area contributed by atoms with Gasteiger partial charge in [0.1, 0.15) is 14.8 Å². The Balaban J connectivity index is 2.16. The number of halogens is 1. The molecule has 0 saturated heterocycles. The van der Waals surface area contributed by atoms with E-state index < -0.39 is 0 Å². The fourth-order valence-electron chi connectivity index (χ4n) is 1.89. The summed E-state index contributed by atoms with van der Waals surface area (Å²) in [5.74, 6) is 0. The first-order valence-electron chi connectivity index (χ1n) is 5.64. The second-order valence-electron chi connectivity index (χ2n) is 4.35. The van der Waals surface area contributed by atoms with Crippen LogP contribution >= 0.6 is 27.5 Å². The first kappa shape index (κ1) is 11.8. The van der Waals surface area contributed by atoms with E-state index in [1.807, 2.05) is 6.20 Å². The molecular weight excluding hydrogens is 308 g/mol. The van der Waals surface area contributed by atoms with Crippen LogP contribution in [-0.2, 0) is 0 Å². The van der Waals surface area contributed by atoms with Crippen molar-refractivity contribution >= 4 is 38.5 Å². The van der Waals surface area contributed by atoms with Crippen LogP contribution in [0, 0.1) is 13.8 Å². The highest BCUT2D eigenvalue weighted by atomic mass is 79.9. The Labute approximate surface area is 118 Å². The van der Waals surface area contributed by atoms with Crippen molar-refractivity contribution in [3.63, 3.8) is 0 Å². The summed E-state index contributed by atoms with van der Waals surface area (Å²) in [5.41, 5.74) is 6.80. The third-order valence-corrected chi connectivity index (χ3v) is 4.57. The van der Waals surface area contributed by atoms with E-state index in [0.29, 0.717) is 0 Å². The summed E-state index contributed by atoms with van der Waals surface area (Å²) >= 11 is 4.89. The van der Waals surface area contributed by atoms with Crippen LogP contribution in [0.5, 0.6) is 0 Å². The van der Waals surface area contributed by atoms with E-state index in [-0.39, 0.29) is 0 Å².